The van der Waals surface area contributed by atoms with E-state index >= 15 is 0 Å². The van der Waals surface area contributed by atoms with Gasteiger partial charge in [-0.3, -0.25) is 10.1 Å². The lowest BCUT2D eigenvalue weighted by Crippen LogP contribution is -2.15. The second-order valence-corrected chi connectivity index (χ2v) is 5.08. The van der Waals surface area contributed by atoms with Gasteiger partial charge < -0.3 is 5.32 Å². The van der Waals surface area contributed by atoms with E-state index in [1.165, 1.54) is 5.56 Å². The molecule has 2 aromatic rings. The summed E-state index contributed by atoms with van der Waals surface area (Å²) in [4.78, 5) is 20.3. The Labute approximate surface area is 121 Å². The third-order valence-corrected chi connectivity index (χ3v) is 3.34. The molecule has 102 valence electrons. The molecule has 5 nitrogen and oxygen atoms in total. The summed E-state index contributed by atoms with van der Waals surface area (Å²) in [5.74, 6) is -0.0139. The predicted octanol–water partition coefficient (Wildman–Crippen LogP) is 2.29. The van der Waals surface area contributed by atoms with Gasteiger partial charge in [-0.05, 0) is 36.2 Å². The van der Waals surface area contributed by atoms with E-state index in [-0.39, 0.29) is 11.9 Å². The maximum Gasteiger partial charge on any atom is 0.258 e. The summed E-state index contributed by atoms with van der Waals surface area (Å²) in [6.07, 6.45) is 0. The molecule has 1 aromatic carbocycles. The number of benzene rings is 1. The largest absolute Gasteiger partial charge is 0.309 e. The molecular formula is C14H13ClN4O. The molecule has 0 radical (unpaired) electrons. The van der Waals surface area contributed by atoms with Gasteiger partial charge in [-0.25, -0.2) is 9.97 Å². The molecule has 0 unspecified atom stereocenters. The van der Waals surface area contributed by atoms with E-state index in [2.05, 4.69) is 20.6 Å². The number of amides is 1. The van der Waals surface area contributed by atoms with E-state index in [9.17, 15) is 4.79 Å². The standard InChI is InChI=1S/C14H13ClN4O/c1-8-4-12(15)18-14(17-8)19-13(20)9-2-3-10-6-16-7-11(10)5-9/h2-5,16H,6-7H2,1H3,(H,17,18,19,20). The second-order valence-electron chi connectivity index (χ2n) is 4.70. The summed E-state index contributed by atoms with van der Waals surface area (Å²) in [6.45, 7) is 3.45. The van der Waals surface area contributed by atoms with Gasteiger partial charge in [-0.1, -0.05) is 17.7 Å². The van der Waals surface area contributed by atoms with Crippen LogP contribution in [0.3, 0.4) is 0 Å². The molecule has 0 saturated heterocycles. The summed E-state index contributed by atoms with van der Waals surface area (Å²) < 4.78 is 0. The van der Waals surface area contributed by atoms with Crippen LogP contribution in [0.25, 0.3) is 0 Å². The van der Waals surface area contributed by atoms with E-state index in [4.69, 9.17) is 11.6 Å². The highest BCUT2D eigenvalue weighted by atomic mass is 35.5. The molecule has 6 heteroatoms. The number of carbonyl (C=O) groups excluding carboxylic acids is 1. The fourth-order valence-corrected chi connectivity index (χ4v) is 2.43. The van der Waals surface area contributed by atoms with Crippen LogP contribution in [0.15, 0.2) is 24.3 Å². The number of halogens is 1. The van der Waals surface area contributed by atoms with Crippen molar-refractivity contribution in [2.75, 3.05) is 5.32 Å². The van der Waals surface area contributed by atoms with Crippen LogP contribution in [0.2, 0.25) is 5.15 Å². The fraction of sp³-hybridized carbons (Fsp3) is 0.214. The van der Waals surface area contributed by atoms with Gasteiger partial charge in [-0.2, -0.15) is 0 Å². The van der Waals surface area contributed by atoms with Crippen molar-refractivity contribution < 1.29 is 4.79 Å². The molecule has 1 aliphatic rings. The van der Waals surface area contributed by atoms with E-state index in [0.717, 1.165) is 18.7 Å². The molecule has 1 aromatic heterocycles. The van der Waals surface area contributed by atoms with E-state index in [1.807, 2.05) is 12.1 Å². The van der Waals surface area contributed by atoms with Crippen LogP contribution in [-0.2, 0) is 13.1 Å². The van der Waals surface area contributed by atoms with Crippen molar-refractivity contribution in [3.05, 3.63) is 51.8 Å². The SMILES string of the molecule is Cc1cc(Cl)nc(NC(=O)c2ccc3c(c2)CNC3)n1. The Kier molecular flexibility index (Phi) is 3.38. The summed E-state index contributed by atoms with van der Waals surface area (Å²) in [6, 6.07) is 7.30. The van der Waals surface area contributed by atoms with Gasteiger partial charge >= 0.3 is 0 Å². The number of aryl methyl sites for hydroxylation is 1. The molecule has 0 fully saturated rings. The van der Waals surface area contributed by atoms with E-state index in [1.54, 1.807) is 19.1 Å². The minimum Gasteiger partial charge on any atom is -0.309 e. The minimum atomic E-state index is -0.235. The molecule has 2 heterocycles. The van der Waals surface area contributed by atoms with Crippen LogP contribution in [0.5, 0.6) is 0 Å². The Bertz CT molecular complexity index is 667. The molecule has 0 aliphatic carbocycles. The number of aromatic nitrogens is 2. The first kappa shape index (κ1) is 13.0. The number of hydrogen-bond donors (Lipinski definition) is 2. The Morgan fingerprint density at radius 3 is 2.85 bits per heavy atom. The average Bonchev–Trinajstić information content (AvgIpc) is 2.84. The molecular weight excluding hydrogens is 276 g/mol. The van der Waals surface area contributed by atoms with Gasteiger partial charge in [0.25, 0.3) is 5.91 Å². The van der Waals surface area contributed by atoms with Gasteiger partial charge in [0, 0.05) is 24.3 Å². The smallest absolute Gasteiger partial charge is 0.258 e. The molecule has 1 amide bonds. The Morgan fingerprint density at radius 2 is 2.05 bits per heavy atom. The number of nitrogens with one attached hydrogen (secondary N) is 2. The molecule has 20 heavy (non-hydrogen) atoms. The zero-order chi connectivity index (χ0) is 14.1. The lowest BCUT2D eigenvalue weighted by atomic mass is 10.1. The molecule has 2 N–H and O–H groups in total. The number of rotatable bonds is 2. The third kappa shape index (κ3) is 2.64. The normalized spacial score (nSPS) is 13.1. The van der Waals surface area contributed by atoms with Gasteiger partial charge in [0.05, 0.1) is 0 Å². The van der Waals surface area contributed by atoms with Crippen molar-refractivity contribution in [2.45, 2.75) is 20.0 Å². The number of carbonyl (C=O) groups is 1. The monoisotopic (exact) mass is 288 g/mol. The van der Waals surface area contributed by atoms with Crippen molar-refractivity contribution in [3.63, 3.8) is 0 Å². The Hall–Kier alpha value is -1.98. The van der Waals surface area contributed by atoms with Crippen molar-refractivity contribution >= 4 is 23.5 Å². The third-order valence-electron chi connectivity index (χ3n) is 3.15. The minimum absolute atomic E-state index is 0.221. The quantitative estimate of drug-likeness (QED) is 0.832. The van der Waals surface area contributed by atoms with Crippen molar-refractivity contribution in [1.29, 1.82) is 0 Å². The van der Waals surface area contributed by atoms with E-state index in [0.29, 0.717) is 16.4 Å². The molecule has 0 bridgehead atoms. The van der Waals surface area contributed by atoms with Crippen LogP contribution in [0.4, 0.5) is 5.95 Å². The number of hydrogen-bond acceptors (Lipinski definition) is 4. The fourth-order valence-electron chi connectivity index (χ4n) is 2.20. The number of anilines is 1. The van der Waals surface area contributed by atoms with Crippen LogP contribution in [0.1, 0.15) is 27.2 Å². The first-order valence-electron chi connectivity index (χ1n) is 6.27. The molecule has 0 atom stereocenters. The van der Waals surface area contributed by atoms with Gasteiger partial charge in [0.2, 0.25) is 5.95 Å². The van der Waals surface area contributed by atoms with Gasteiger partial charge in [-0.15, -0.1) is 0 Å². The first-order valence-corrected chi connectivity index (χ1v) is 6.65. The second kappa shape index (κ2) is 5.19. The first-order chi connectivity index (χ1) is 9.61. The van der Waals surface area contributed by atoms with Crippen LogP contribution in [-0.4, -0.2) is 15.9 Å². The highest BCUT2D eigenvalue weighted by Gasteiger charge is 2.14. The molecule has 3 rings (SSSR count). The Balaban J connectivity index is 1.82. The van der Waals surface area contributed by atoms with Gasteiger partial charge in [0.15, 0.2) is 0 Å². The maximum atomic E-state index is 12.2. The predicted molar refractivity (Wildman–Crippen MR) is 76.7 cm³/mol. The van der Waals surface area contributed by atoms with Crippen LogP contribution >= 0.6 is 11.6 Å². The summed E-state index contributed by atoms with van der Waals surface area (Å²) in [7, 11) is 0. The topological polar surface area (TPSA) is 66.9 Å². The molecule has 0 spiro atoms. The van der Waals surface area contributed by atoms with Gasteiger partial charge in [0.1, 0.15) is 5.15 Å². The van der Waals surface area contributed by atoms with Crippen molar-refractivity contribution in [3.8, 4) is 0 Å². The summed E-state index contributed by atoms with van der Waals surface area (Å²) in [5, 5.41) is 6.22. The summed E-state index contributed by atoms with van der Waals surface area (Å²) in [5.41, 5.74) is 3.68. The maximum absolute atomic E-state index is 12.2. The highest BCUT2D eigenvalue weighted by molar-refractivity contribution is 6.29. The Morgan fingerprint density at radius 1 is 1.25 bits per heavy atom. The average molecular weight is 289 g/mol. The number of fused-ring (bicyclic) bond motifs is 1. The highest BCUT2D eigenvalue weighted by Crippen LogP contribution is 2.18. The molecule has 1 aliphatic heterocycles. The van der Waals surface area contributed by atoms with E-state index < -0.39 is 0 Å². The number of nitrogens with zero attached hydrogens (tertiary/aromatic N) is 2. The van der Waals surface area contributed by atoms with Crippen molar-refractivity contribution in [1.82, 2.24) is 15.3 Å². The zero-order valence-corrected chi connectivity index (χ0v) is 11.7. The molecule has 0 saturated carbocycles. The van der Waals surface area contributed by atoms with Crippen molar-refractivity contribution in [2.24, 2.45) is 0 Å². The zero-order valence-electron chi connectivity index (χ0n) is 10.9. The summed E-state index contributed by atoms with van der Waals surface area (Å²) >= 11 is 5.85. The van der Waals surface area contributed by atoms with Crippen LogP contribution < -0.4 is 10.6 Å². The lowest BCUT2D eigenvalue weighted by molar-refractivity contribution is 0.102. The lowest BCUT2D eigenvalue weighted by Gasteiger charge is -2.06. The van der Waals surface area contributed by atoms with Crippen LogP contribution in [0, 0.1) is 6.92 Å².